The van der Waals surface area contributed by atoms with Crippen molar-refractivity contribution in [2.75, 3.05) is 6.61 Å². The van der Waals surface area contributed by atoms with Gasteiger partial charge in [0.2, 0.25) is 0 Å². The third-order valence-corrected chi connectivity index (χ3v) is 4.80. The number of hydrogen-bond donors (Lipinski definition) is 1. The fourth-order valence-corrected chi connectivity index (χ4v) is 3.49. The molecule has 1 saturated heterocycles. The number of carbonyl (C=O) groups is 2. The fourth-order valence-electron chi connectivity index (χ4n) is 3.10. The molecule has 1 aliphatic carbocycles. The number of rotatable bonds is 4. The second-order valence-corrected chi connectivity index (χ2v) is 6.28. The minimum Gasteiger partial charge on any atom is -0.464 e. The number of hydrogen-bond acceptors (Lipinski definition) is 5. The number of esters is 1. The topological polar surface area (TPSA) is 79.2 Å². The van der Waals surface area contributed by atoms with Crippen LogP contribution in [0, 0.1) is 17.2 Å². The molecule has 0 aromatic heterocycles. The number of ether oxygens (including phenoxy) is 1. The third-order valence-electron chi connectivity index (χ3n) is 4.28. The van der Waals surface area contributed by atoms with Crippen LogP contribution in [0.4, 0.5) is 0 Å². The maximum atomic E-state index is 12.6. The summed E-state index contributed by atoms with van der Waals surface area (Å²) in [4.78, 5) is 24.3. The van der Waals surface area contributed by atoms with Gasteiger partial charge in [-0.3, -0.25) is 4.79 Å². The van der Waals surface area contributed by atoms with Gasteiger partial charge in [0.05, 0.1) is 6.61 Å². The van der Waals surface area contributed by atoms with Crippen LogP contribution in [0.2, 0.25) is 0 Å². The standard InChI is InChI=1S/C16H21ClN2O3/c1-2-22-16(21)14-8-7-13(19-14)11(9-18)15(20)10-5-3-4-6-12(10)17/h10,12,14,19H,2-8H2,1H3/b13-11-. The highest BCUT2D eigenvalue weighted by Gasteiger charge is 2.35. The minimum atomic E-state index is -0.468. The molecule has 22 heavy (non-hydrogen) atoms. The molecule has 120 valence electrons. The van der Waals surface area contributed by atoms with E-state index in [4.69, 9.17) is 16.3 Å². The Bertz CT molecular complexity index is 524. The first kappa shape index (κ1) is 16.8. The smallest absolute Gasteiger partial charge is 0.328 e. The molecule has 6 heteroatoms. The number of Topliss-reactive ketones (excluding diaryl/α,β-unsaturated/α-hetero) is 1. The molecule has 0 bridgehead atoms. The Morgan fingerprint density at radius 2 is 2.09 bits per heavy atom. The summed E-state index contributed by atoms with van der Waals surface area (Å²) in [6, 6.07) is 1.54. The lowest BCUT2D eigenvalue weighted by Gasteiger charge is -2.25. The van der Waals surface area contributed by atoms with E-state index in [1.54, 1.807) is 6.92 Å². The van der Waals surface area contributed by atoms with Gasteiger partial charge >= 0.3 is 5.97 Å². The van der Waals surface area contributed by atoms with Gasteiger partial charge in [0.15, 0.2) is 5.78 Å². The van der Waals surface area contributed by atoms with Crippen molar-refractivity contribution in [3.05, 3.63) is 11.3 Å². The molecule has 1 aliphatic heterocycles. The number of allylic oxidation sites excluding steroid dienone is 2. The summed E-state index contributed by atoms with van der Waals surface area (Å²) in [6.45, 7) is 2.06. The number of halogens is 1. The lowest BCUT2D eigenvalue weighted by Crippen LogP contribution is -2.34. The van der Waals surface area contributed by atoms with E-state index in [0.29, 0.717) is 25.1 Å². The van der Waals surface area contributed by atoms with E-state index in [9.17, 15) is 14.9 Å². The van der Waals surface area contributed by atoms with Crippen LogP contribution in [0.3, 0.4) is 0 Å². The molecule has 2 rings (SSSR count). The van der Waals surface area contributed by atoms with Gasteiger partial charge in [0.25, 0.3) is 0 Å². The first-order chi connectivity index (χ1) is 10.6. The molecule has 0 amide bonds. The van der Waals surface area contributed by atoms with Crippen molar-refractivity contribution < 1.29 is 14.3 Å². The van der Waals surface area contributed by atoms with Gasteiger partial charge in [-0.15, -0.1) is 11.6 Å². The Hall–Kier alpha value is -1.54. The third kappa shape index (κ3) is 3.61. The first-order valence-electron chi connectivity index (χ1n) is 7.83. The molecule has 3 unspecified atom stereocenters. The average molecular weight is 325 g/mol. The quantitative estimate of drug-likeness (QED) is 0.372. The van der Waals surface area contributed by atoms with Gasteiger partial charge in [-0.2, -0.15) is 5.26 Å². The van der Waals surface area contributed by atoms with Crippen molar-refractivity contribution in [2.45, 2.75) is 56.9 Å². The molecule has 0 aromatic rings. The van der Waals surface area contributed by atoms with Crippen molar-refractivity contribution in [1.82, 2.24) is 5.32 Å². The van der Waals surface area contributed by atoms with Crippen LogP contribution in [0.15, 0.2) is 11.3 Å². The molecular formula is C16H21ClN2O3. The van der Waals surface area contributed by atoms with Crippen LogP contribution >= 0.6 is 11.6 Å². The molecule has 1 heterocycles. The Kier molecular flexibility index (Phi) is 5.84. The minimum absolute atomic E-state index is 0.129. The van der Waals surface area contributed by atoms with Gasteiger partial charge in [-0.25, -0.2) is 4.79 Å². The van der Waals surface area contributed by atoms with Gasteiger partial charge in [-0.1, -0.05) is 12.8 Å². The number of nitrogens with one attached hydrogen (secondary N) is 1. The predicted octanol–water partition coefficient (Wildman–Crippen LogP) is 2.45. The summed E-state index contributed by atoms with van der Waals surface area (Å²) in [5, 5.41) is 12.2. The molecular weight excluding hydrogens is 304 g/mol. The number of nitrogens with zero attached hydrogens (tertiary/aromatic N) is 1. The summed E-state index contributed by atoms with van der Waals surface area (Å²) in [5.41, 5.74) is 0.685. The van der Waals surface area contributed by atoms with Crippen molar-refractivity contribution >= 4 is 23.4 Å². The molecule has 0 radical (unpaired) electrons. The van der Waals surface area contributed by atoms with E-state index in [1.807, 2.05) is 6.07 Å². The molecule has 1 saturated carbocycles. The highest BCUT2D eigenvalue weighted by Crippen LogP contribution is 2.32. The molecule has 2 aliphatic rings. The maximum Gasteiger partial charge on any atom is 0.328 e. The lowest BCUT2D eigenvalue weighted by molar-refractivity contribution is -0.145. The Balaban J connectivity index is 2.12. The van der Waals surface area contributed by atoms with Crippen LogP contribution in [-0.4, -0.2) is 29.8 Å². The van der Waals surface area contributed by atoms with Crippen LogP contribution in [-0.2, 0) is 14.3 Å². The summed E-state index contributed by atoms with van der Waals surface area (Å²) in [7, 11) is 0. The Morgan fingerprint density at radius 3 is 2.73 bits per heavy atom. The summed E-state index contributed by atoms with van der Waals surface area (Å²) in [6.07, 6.45) is 4.59. The van der Waals surface area contributed by atoms with Crippen LogP contribution in [0.1, 0.15) is 45.4 Å². The number of ketones is 1. The highest BCUT2D eigenvalue weighted by atomic mass is 35.5. The summed E-state index contributed by atoms with van der Waals surface area (Å²) >= 11 is 6.26. The lowest BCUT2D eigenvalue weighted by atomic mass is 9.83. The van der Waals surface area contributed by atoms with Gasteiger partial charge in [-0.05, 0) is 32.6 Å². The van der Waals surface area contributed by atoms with E-state index >= 15 is 0 Å². The average Bonchev–Trinajstić information content (AvgIpc) is 2.98. The van der Waals surface area contributed by atoms with Gasteiger partial charge < -0.3 is 10.1 Å². The molecule has 5 nitrogen and oxygen atoms in total. The summed E-state index contributed by atoms with van der Waals surface area (Å²) < 4.78 is 4.97. The molecule has 1 N–H and O–H groups in total. The predicted molar refractivity (Wildman–Crippen MR) is 82.0 cm³/mol. The van der Waals surface area contributed by atoms with E-state index in [1.165, 1.54) is 0 Å². The van der Waals surface area contributed by atoms with Gasteiger partial charge in [0.1, 0.15) is 17.7 Å². The zero-order valence-electron chi connectivity index (χ0n) is 12.7. The number of alkyl halides is 1. The summed E-state index contributed by atoms with van der Waals surface area (Å²) in [5.74, 6) is -0.814. The number of carbonyl (C=O) groups excluding carboxylic acids is 2. The normalized spacial score (nSPS) is 30.1. The van der Waals surface area contributed by atoms with E-state index < -0.39 is 6.04 Å². The molecule has 0 aromatic carbocycles. The molecule has 2 fully saturated rings. The zero-order chi connectivity index (χ0) is 16.1. The van der Waals surface area contributed by atoms with Crippen molar-refractivity contribution in [3.63, 3.8) is 0 Å². The van der Waals surface area contributed by atoms with E-state index in [0.717, 1.165) is 25.7 Å². The molecule has 3 atom stereocenters. The van der Waals surface area contributed by atoms with Crippen LogP contribution in [0.25, 0.3) is 0 Å². The molecule has 0 spiro atoms. The largest absolute Gasteiger partial charge is 0.464 e. The van der Waals surface area contributed by atoms with Crippen LogP contribution in [0.5, 0.6) is 0 Å². The second kappa shape index (κ2) is 7.64. The van der Waals surface area contributed by atoms with Crippen LogP contribution < -0.4 is 5.32 Å². The van der Waals surface area contributed by atoms with Gasteiger partial charge in [0, 0.05) is 17.0 Å². The van der Waals surface area contributed by atoms with Crippen molar-refractivity contribution in [1.29, 1.82) is 5.26 Å². The monoisotopic (exact) mass is 324 g/mol. The Labute approximate surface area is 135 Å². The highest BCUT2D eigenvalue weighted by molar-refractivity contribution is 6.23. The first-order valence-corrected chi connectivity index (χ1v) is 8.26. The zero-order valence-corrected chi connectivity index (χ0v) is 13.5. The Morgan fingerprint density at radius 1 is 1.36 bits per heavy atom. The van der Waals surface area contributed by atoms with E-state index in [-0.39, 0.29) is 28.6 Å². The van der Waals surface area contributed by atoms with Crippen molar-refractivity contribution in [3.8, 4) is 6.07 Å². The SMILES string of the molecule is CCOC(=O)C1CC/C(=C(\C#N)C(=O)C2CCCCC2Cl)N1. The fraction of sp³-hybridized carbons (Fsp3) is 0.688. The second-order valence-electron chi connectivity index (χ2n) is 5.72. The van der Waals surface area contributed by atoms with E-state index in [2.05, 4.69) is 5.32 Å². The number of nitriles is 1. The van der Waals surface area contributed by atoms with Crippen molar-refractivity contribution in [2.24, 2.45) is 5.92 Å². The maximum absolute atomic E-state index is 12.6.